The van der Waals surface area contributed by atoms with Crippen molar-refractivity contribution in [1.29, 1.82) is 0 Å². The molecule has 0 aromatic heterocycles. The largest absolute Gasteiger partial charge is 0.389 e. The predicted octanol–water partition coefficient (Wildman–Crippen LogP) is 0.617. The van der Waals surface area contributed by atoms with Crippen LogP contribution < -0.4 is 5.32 Å². The van der Waals surface area contributed by atoms with Gasteiger partial charge in [0.05, 0.1) is 25.4 Å². The fourth-order valence-corrected chi connectivity index (χ4v) is 3.13. The second-order valence-electron chi connectivity index (χ2n) is 5.91. The predicted molar refractivity (Wildman–Crippen MR) is 78.9 cm³/mol. The van der Waals surface area contributed by atoms with E-state index in [4.69, 9.17) is 9.47 Å². The van der Waals surface area contributed by atoms with E-state index in [0.717, 1.165) is 32.5 Å². The minimum Gasteiger partial charge on any atom is -0.389 e. The quantitative estimate of drug-likeness (QED) is 0.651. The molecule has 0 saturated carbocycles. The lowest BCUT2D eigenvalue weighted by atomic mass is 10.2. The molecule has 20 heavy (non-hydrogen) atoms. The SMILES string of the molecule is CCN1CCC[C@H]1CNC[C@@H](O)COC[C@@H]1CCCO1. The van der Waals surface area contributed by atoms with Crippen LogP contribution in [-0.2, 0) is 9.47 Å². The molecule has 2 rings (SSSR count). The van der Waals surface area contributed by atoms with Crippen LogP contribution in [0.3, 0.4) is 0 Å². The van der Waals surface area contributed by atoms with E-state index in [1.165, 1.54) is 19.4 Å². The average molecular weight is 286 g/mol. The number of aliphatic hydroxyl groups excluding tert-OH is 1. The van der Waals surface area contributed by atoms with Crippen molar-refractivity contribution in [2.45, 2.75) is 50.9 Å². The first-order valence-corrected chi connectivity index (χ1v) is 8.11. The molecule has 0 aromatic carbocycles. The highest BCUT2D eigenvalue weighted by Gasteiger charge is 2.22. The minimum absolute atomic E-state index is 0.242. The Morgan fingerprint density at radius 1 is 1.40 bits per heavy atom. The molecule has 0 unspecified atom stereocenters. The minimum atomic E-state index is -0.423. The summed E-state index contributed by atoms with van der Waals surface area (Å²) in [6.45, 7) is 8.00. The van der Waals surface area contributed by atoms with Gasteiger partial charge in [-0.2, -0.15) is 0 Å². The van der Waals surface area contributed by atoms with E-state index in [9.17, 15) is 5.11 Å². The molecule has 0 aromatic rings. The number of rotatable bonds is 9. The van der Waals surface area contributed by atoms with Crippen LogP contribution in [0.15, 0.2) is 0 Å². The normalized spacial score (nSPS) is 29.1. The Labute approximate surface area is 122 Å². The molecule has 2 fully saturated rings. The summed E-state index contributed by atoms with van der Waals surface area (Å²) in [5, 5.41) is 13.2. The van der Waals surface area contributed by atoms with Crippen LogP contribution in [0, 0.1) is 0 Å². The highest BCUT2D eigenvalue weighted by molar-refractivity contribution is 4.80. The molecule has 2 saturated heterocycles. The Bertz CT molecular complexity index is 260. The summed E-state index contributed by atoms with van der Waals surface area (Å²) in [5.74, 6) is 0. The van der Waals surface area contributed by atoms with Crippen molar-refractivity contribution in [1.82, 2.24) is 10.2 Å². The number of nitrogens with one attached hydrogen (secondary N) is 1. The number of nitrogens with zero attached hydrogens (tertiary/aromatic N) is 1. The Balaban J connectivity index is 1.48. The number of aliphatic hydroxyl groups is 1. The third-order valence-corrected chi connectivity index (χ3v) is 4.30. The third-order valence-electron chi connectivity index (χ3n) is 4.30. The summed E-state index contributed by atoms with van der Waals surface area (Å²) in [5.41, 5.74) is 0. The monoisotopic (exact) mass is 286 g/mol. The zero-order valence-electron chi connectivity index (χ0n) is 12.7. The van der Waals surface area contributed by atoms with Crippen molar-refractivity contribution in [2.75, 3.05) is 46.0 Å². The van der Waals surface area contributed by atoms with Crippen LogP contribution in [0.4, 0.5) is 0 Å². The standard InChI is InChI=1S/C15H30N2O3/c1-2-17-7-3-5-13(17)9-16-10-14(18)11-19-12-15-6-4-8-20-15/h13-16,18H,2-12H2,1H3/t13-,14+,15-/m0/s1. The number of ether oxygens (including phenoxy) is 2. The summed E-state index contributed by atoms with van der Waals surface area (Å²) < 4.78 is 11.0. The van der Waals surface area contributed by atoms with Crippen LogP contribution in [-0.4, -0.2) is 74.3 Å². The molecule has 0 bridgehead atoms. The molecule has 5 heteroatoms. The Morgan fingerprint density at radius 2 is 2.30 bits per heavy atom. The molecule has 5 nitrogen and oxygen atoms in total. The Morgan fingerprint density at radius 3 is 3.05 bits per heavy atom. The molecule has 0 radical (unpaired) electrons. The van der Waals surface area contributed by atoms with E-state index < -0.39 is 6.10 Å². The van der Waals surface area contributed by atoms with Gasteiger partial charge in [-0.05, 0) is 38.8 Å². The van der Waals surface area contributed by atoms with Crippen LogP contribution in [0.1, 0.15) is 32.6 Å². The third kappa shape index (κ3) is 5.30. The Kier molecular flexibility index (Phi) is 7.24. The summed E-state index contributed by atoms with van der Waals surface area (Å²) in [6.07, 6.45) is 4.61. The van der Waals surface area contributed by atoms with Gasteiger partial charge in [-0.3, -0.25) is 4.90 Å². The van der Waals surface area contributed by atoms with Gasteiger partial charge >= 0.3 is 0 Å². The first-order valence-electron chi connectivity index (χ1n) is 8.11. The molecule has 3 atom stereocenters. The number of likely N-dealkylation sites (N-methyl/N-ethyl adjacent to an activating group) is 1. The molecule has 0 aliphatic carbocycles. The van der Waals surface area contributed by atoms with E-state index >= 15 is 0 Å². The van der Waals surface area contributed by atoms with Gasteiger partial charge in [-0.25, -0.2) is 0 Å². The topological polar surface area (TPSA) is 54.0 Å². The summed E-state index contributed by atoms with van der Waals surface area (Å²) >= 11 is 0. The molecule has 0 spiro atoms. The van der Waals surface area contributed by atoms with Crippen molar-refractivity contribution >= 4 is 0 Å². The lowest BCUT2D eigenvalue weighted by Gasteiger charge is -2.23. The molecule has 0 amide bonds. The molecule has 118 valence electrons. The molecular formula is C15H30N2O3. The van der Waals surface area contributed by atoms with Gasteiger partial charge in [0, 0.05) is 25.7 Å². The average Bonchev–Trinajstić information content (AvgIpc) is 3.09. The maximum atomic E-state index is 9.88. The smallest absolute Gasteiger partial charge is 0.0897 e. The number of hydrogen-bond donors (Lipinski definition) is 2. The molecule has 2 N–H and O–H groups in total. The van der Waals surface area contributed by atoms with Gasteiger partial charge in [0.2, 0.25) is 0 Å². The van der Waals surface area contributed by atoms with Gasteiger partial charge in [-0.15, -0.1) is 0 Å². The molecule has 2 heterocycles. The lowest BCUT2D eigenvalue weighted by Crippen LogP contribution is -2.41. The fraction of sp³-hybridized carbons (Fsp3) is 1.00. The van der Waals surface area contributed by atoms with E-state index in [2.05, 4.69) is 17.1 Å². The van der Waals surface area contributed by atoms with E-state index in [-0.39, 0.29) is 6.10 Å². The van der Waals surface area contributed by atoms with E-state index in [0.29, 0.717) is 25.8 Å². The maximum Gasteiger partial charge on any atom is 0.0897 e. The zero-order valence-corrected chi connectivity index (χ0v) is 12.7. The van der Waals surface area contributed by atoms with Crippen LogP contribution >= 0.6 is 0 Å². The highest BCUT2D eigenvalue weighted by atomic mass is 16.5. The maximum absolute atomic E-state index is 9.88. The van der Waals surface area contributed by atoms with E-state index in [1.54, 1.807) is 0 Å². The van der Waals surface area contributed by atoms with Crippen molar-refractivity contribution in [3.8, 4) is 0 Å². The zero-order chi connectivity index (χ0) is 14.2. The van der Waals surface area contributed by atoms with Crippen molar-refractivity contribution in [3.63, 3.8) is 0 Å². The fourth-order valence-electron chi connectivity index (χ4n) is 3.13. The van der Waals surface area contributed by atoms with Crippen LogP contribution in [0.25, 0.3) is 0 Å². The highest BCUT2D eigenvalue weighted by Crippen LogP contribution is 2.15. The lowest BCUT2D eigenvalue weighted by molar-refractivity contribution is -0.0166. The van der Waals surface area contributed by atoms with Gasteiger partial charge in [0.25, 0.3) is 0 Å². The first kappa shape index (κ1) is 16.2. The van der Waals surface area contributed by atoms with Gasteiger partial charge < -0.3 is 19.9 Å². The van der Waals surface area contributed by atoms with Gasteiger partial charge in [0.1, 0.15) is 0 Å². The number of hydrogen-bond acceptors (Lipinski definition) is 5. The Hall–Kier alpha value is -0.200. The van der Waals surface area contributed by atoms with E-state index in [1.807, 2.05) is 0 Å². The second kappa shape index (κ2) is 8.95. The summed E-state index contributed by atoms with van der Waals surface area (Å²) in [4.78, 5) is 2.51. The van der Waals surface area contributed by atoms with Crippen molar-refractivity contribution < 1.29 is 14.6 Å². The van der Waals surface area contributed by atoms with Gasteiger partial charge in [0.15, 0.2) is 0 Å². The first-order chi connectivity index (χ1) is 9.79. The second-order valence-corrected chi connectivity index (χ2v) is 5.91. The summed E-state index contributed by atoms with van der Waals surface area (Å²) in [6, 6.07) is 0.639. The molecule has 2 aliphatic heterocycles. The van der Waals surface area contributed by atoms with Crippen LogP contribution in [0.5, 0.6) is 0 Å². The van der Waals surface area contributed by atoms with Crippen molar-refractivity contribution in [2.24, 2.45) is 0 Å². The number of likely N-dealkylation sites (tertiary alicyclic amines) is 1. The van der Waals surface area contributed by atoms with Crippen molar-refractivity contribution in [3.05, 3.63) is 0 Å². The molecule has 2 aliphatic rings. The molecular weight excluding hydrogens is 256 g/mol. The van der Waals surface area contributed by atoms with Gasteiger partial charge in [-0.1, -0.05) is 6.92 Å². The van der Waals surface area contributed by atoms with Crippen LogP contribution in [0.2, 0.25) is 0 Å². The summed E-state index contributed by atoms with van der Waals surface area (Å²) in [7, 11) is 0.